The number of benzene rings is 2. The first-order valence-corrected chi connectivity index (χ1v) is 8.57. The summed E-state index contributed by atoms with van der Waals surface area (Å²) in [6, 6.07) is 10.9. The van der Waals surface area contributed by atoms with Gasteiger partial charge in [0.05, 0.1) is 11.8 Å². The van der Waals surface area contributed by atoms with E-state index in [0.717, 1.165) is 5.56 Å². The van der Waals surface area contributed by atoms with Crippen molar-refractivity contribution in [2.45, 2.75) is 6.42 Å². The first-order valence-electron chi connectivity index (χ1n) is 8.57. The Balaban J connectivity index is 1.53. The Morgan fingerprint density at radius 2 is 1.89 bits per heavy atom. The molecular formula is C20H17N3O5. The predicted octanol–water partition coefficient (Wildman–Crippen LogP) is 2.91. The monoisotopic (exact) mass is 379 g/mol. The number of fused-ring (bicyclic) bond motifs is 1. The van der Waals surface area contributed by atoms with Crippen LogP contribution >= 0.6 is 0 Å². The molecule has 0 saturated carbocycles. The summed E-state index contributed by atoms with van der Waals surface area (Å²) in [4.78, 5) is 20.0. The second kappa shape index (κ2) is 6.99. The van der Waals surface area contributed by atoms with Crippen molar-refractivity contribution in [2.24, 2.45) is 0 Å². The number of nitrogens with zero attached hydrogens (tertiary/aromatic N) is 1. The SMILES string of the molecule is O=C(NCCc1ccc(O)c(O)c1)c1ccc(O)c2[nH]c(-c3ccco3)nc12. The summed E-state index contributed by atoms with van der Waals surface area (Å²) < 4.78 is 5.31. The Morgan fingerprint density at radius 3 is 2.64 bits per heavy atom. The second-order valence-corrected chi connectivity index (χ2v) is 6.25. The van der Waals surface area contributed by atoms with E-state index in [1.807, 2.05) is 0 Å². The van der Waals surface area contributed by atoms with Crippen molar-refractivity contribution >= 4 is 16.9 Å². The third-order valence-electron chi connectivity index (χ3n) is 4.36. The van der Waals surface area contributed by atoms with Gasteiger partial charge in [-0.15, -0.1) is 0 Å². The lowest BCUT2D eigenvalue weighted by Gasteiger charge is -2.07. The maximum Gasteiger partial charge on any atom is 0.253 e. The molecule has 4 rings (SSSR count). The van der Waals surface area contributed by atoms with E-state index >= 15 is 0 Å². The van der Waals surface area contributed by atoms with Gasteiger partial charge in [0, 0.05) is 6.54 Å². The van der Waals surface area contributed by atoms with Crippen LogP contribution in [-0.2, 0) is 6.42 Å². The van der Waals surface area contributed by atoms with Gasteiger partial charge in [-0.25, -0.2) is 4.98 Å². The smallest absolute Gasteiger partial charge is 0.253 e. The van der Waals surface area contributed by atoms with Crippen molar-refractivity contribution in [3.63, 3.8) is 0 Å². The molecule has 0 bridgehead atoms. The third kappa shape index (κ3) is 3.23. The Kier molecular flexibility index (Phi) is 4.36. The highest BCUT2D eigenvalue weighted by Gasteiger charge is 2.18. The number of imidazole rings is 1. The Hall–Kier alpha value is -3.94. The number of amides is 1. The highest BCUT2D eigenvalue weighted by Crippen LogP contribution is 2.29. The van der Waals surface area contributed by atoms with Gasteiger partial charge in [0.1, 0.15) is 16.8 Å². The molecule has 8 nitrogen and oxygen atoms in total. The molecule has 0 spiro atoms. The summed E-state index contributed by atoms with van der Waals surface area (Å²) in [6.45, 7) is 0.320. The van der Waals surface area contributed by atoms with E-state index < -0.39 is 0 Å². The Morgan fingerprint density at radius 1 is 1.07 bits per heavy atom. The van der Waals surface area contributed by atoms with Gasteiger partial charge >= 0.3 is 0 Å². The summed E-state index contributed by atoms with van der Waals surface area (Å²) in [7, 11) is 0. The van der Waals surface area contributed by atoms with Crippen LogP contribution in [-0.4, -0.2) is 37.7 Å². The zero-order valence-corrected chi connectivity index (χ0v) is 14.6. The van der Waals surface area contributed by atoms with Gasteiger partial charge in [-0.3, -0.25) is 4.79 Å². The number of aromatic nitrogens is 2. The number of furan rings is 1. The fraction of sp³-hybridized carbons (Fsp3) is 0.100. The normalized spacial score (nSPS) is 11.0. The van der Waals surface area contributed by atoms with Crippen molar-refractivity contribution in [1.29, 1.82) is 0 Å². The number of phenols is 3. The van der Waals surface area contributed by atoms with Crippen molar-refractivity contribution in [3.8, 4) is 28.8 Å². The molecule has 0 radical (unpaired) electrons. The minimum Gasteiger partial charge on any atom is -0.506 e. The standard InChI is InChI=1S/C20H17N3O5/c24-13-5-3-11(10-15(13)26)7-8-21-20(27)12-4-6-14(25)18-17(12)22-19(23-18)16-2-1-9-28-16/h1-6,9-10,24-26H,7-8H2,(H,21,27)(H,22,23). The Bertz CT molecular complexity index is 1150. The number of aromatic amines is 1. The van der Waals surface area contributed by atoms with E-state index in [1.165, 1.54) is 30.5 Å². The number of hydrogen-bond acceptors (Lipinski definition) is 6. The van der Waals surface area contributed by atoms with Gasteiger partial charge < -0.3 is 30.0 Å². The molecule has 8 heteroatoms. The average Bonchev–Trinajstić information content (AvgIpc) is 3.34. The van der Waals surface area contributed by atoms with Crippen LogP contribution < -0.4 is 5.32 Å². The highest BCUT2D eigenvalue weighted by atomic mass is 16.3. The number of carbonyl (C=O) groups is 1. The van der Waals surface area contributed by atoms with Crippen molar-refractivity contribution in [1.82, 2.24) is 15.3 Å². The van der Waals surface area contributed by atoms with E-state index in [0.29, 0.717) is 41.1 Å². The summed E-state index contributed by atoms with van der Waals surface area (Å²) in [5, 5.41) is 31.8. The zero-order valence-electron chi connectivity index (χ0n) is 14.6. The first-order chi connectivity index (χ1) is 13.5. The molecular weight excluding hydrogens is 362 g/mol. The zero-order chi connectivity index (χ0) is 19.7. The van der Waals surface area contributed by atoms with Crippen LogP contribution in [0.4, 0.5) is 0 Å². The van der Waals surface area contributed by atoms with Gasteiger partial charge in [-0.2, -0.15) is 0 Å². The highest BCUT2D eigenvalue weighted by molar-refractivity contribution is 6.06. The van der Waals surface area contributed by atoms with Gasteiger partial charge in [0.2, 0.25) is 0 Å². The molecule has 4 aromatic rings. The third-order valence-corrected chi connectivity index (χ3v) is 4.36. The molecule has 0 aliphatic carbocycles. The van der Waals surface area contributed by atoms with Gasteiger partial charge in [0.25, 0.3) is 5.91 Å². The molecule has 5 N–H and O–H groups in total. The maximum absolute atomic E-state index is 12.6. The lowest BCUT2D eigenvalue weighted by atomic mass is 10.1. The number of hydrogen-bond donors (Lipinski definition) is 5. The van der Waals surface area contributed by atoms with E-state index in [9.17, 15) is 20.1 Å². The van der Waals surface area contributed by atoms with Crippen molar-refractivity contribution in [3.05, 3.63) is 59.9 Å². The molecule has 0 atom stereocenters. The fourth-order valence-electron chi connectivity index (χ4n) is 2.93. The van der Waals surface area contributed by atoms with Crippen LogP contribution in [0.25, 0.3) is 22.6 Å². The van der Waals surface area contributed by atoms with Gasteiger partial charge in [0.15, 0.2) is 23.1 Å². The number of rotatable bonds is 5. The first kappa shape index (κ1) is 17.5. The molecule has 28 heavy (non-hydrogen) atoms. The quantitative estimate of drug-likeness (QED) is 0.339. The van der Waals surface area contributed by atoms with Gasteiger partial charge in [-0.1, -0.05) is 6.07 Å². The number of nitrogens with one attached hydrogen (secondary N) is 2. The summed E-state index contributed by atoms with van der Waals surface area (Å²) in [6.07, 6.45) is 1.98. The van der Waals surface area contributed by atoms with E-state index in [1.54, 1.807) is 18.2 Å². The molecule has 0 fully saturated rings. The van der Waals surface area contributed by atoms with E-state index in [2.05, 4.69) is 15.3 Å². The molecule has 0 saturated heterocycles. The lowest BCUT2D eigenvalue weighted by Crippen LogP contribution is -2.25. The van der Waals surface area contributed by atoms with E-state index in [4.69, 9.17) is 4.42 Å². The molecule has 0 aliphatic rings. The van der Waals surface area contributed by atoms with Crippen molar-refractivity contribution in [2.75, 3.05) is 6.54 Å². The number of phenolic OH excluding ortho intramolecular Hbond substituents is 3. The average molecular weight is 379 g/mol. The molecule has 2 aromatic carbocycles. The lowest BCUT2D eigenvalue weighted by molar-refractivity contribution is 0.0955. The minimum absolute atomic E-state index is 0.0172. The van der Waals surface area contributed by atoms with Crippen LogP contribution in [0, 0.1) is 0 Å². The van der Waals surface area contributed by atoms with Crippen LogP contribution in [0.2, 0.25) is 0 Å². The van der Waals surface area contributed by atoms with Gasteiger partial charge in [-0.05, 0) is 48.4 Å². The minimum atomic E-state index is -0.342. The van der Waals surface area contributed by atoms with Crippen LogP contribution in [0.5, 0.6) is 17.2 Å². The Labute approximate surface area is 159 Å². The van der Waals surface area contributed by atoms with Crippen LogP contribution in [0.1, 0.15) is 15.9 Å². The molecule has 0 aliphatic heterocycles. The molecule has 1 amide bonds. The number of carbonyl (C=O) groups excluding carboxylic acids is 1. The fourth-order valence-corrected chi connectivity index (χ4v) is 2.93. The number of H-pyrrole nitrogens is 1. The van der Waals surface area contributed by atoms with Crippen molar-refractivity contribution < 1.29 is 24.5 Å². The largest absolute Gasteiger partial charge is 0.506 e. The second-order valence-electron chi connectivity index (χ2n) is 6.25. The number of aromatic hydroxyl groups is 3. The topological polar surface area (TPSA) is 132 Å². The summed E-state index contributed by atoms with van der Waals surface area (Å²) >= 11 is 0. The molecule has 2 heterocycles. The summed E-state index contributed by atoms with van der Waals surface area (Å²) in [5.74, 6) is 0.155. The maximum atomic E-state index is 12.6. The van der Waals surface area contributed by atoms with Crippen LogP contribution in [0.15, 0.2) is 53.1 Å². The van der Waals surface area contributed by atoms with Crippen LogP contribution in [0.3, 0.4) is 0 Å². The van der Waals surface area contributed by atoms with E-state index in [-0.39, 0.29) is 23.2 Å². The molecule has 142 valence electrons. The summed E-state index contributed by atoms with van der Waals surface area (Å²) in [5.41, 5.74) is 1.77. The molecule has 2 aromatic heterocycles. The predicted molar refractivity (Wildman–Crippen MR) is 101 cm³/mol. The molecule has 0 unspecified atom stereocenters.